The van der Waals surface area contributed by atoms with Gasteiger partial charge in [0.2, 0.25) is 0 Å². The van der Waals surface area contributed by atoms with Crippen molar-refractivity contribution < 1.29 is 0 Å². The molecule has 2 aromatic rings. The minimum Gasteiger partial charge on any atom is -0.236 e. The highest BCUT2D eigenvalue weighted by atomic mass is 35.5. The predicted molar refractivity (Wildman–Crippen MR) is 66.8 cm³/mol. The van der Waals surface area contributed by atoms with Crippen LogP contribution >= 0.6 is 23.2 Å². The molecule has 0 amide bonds. The first-order chi connectivity index (χ1) is 8.20. The first kappa shape index (κ1) is 11.8. The van der Waals surface area contributed by atoms with Crippen LogP contribution in [0.15, 0.2) is 30.6 Å². The highest BCUT2D eigenvalue weighted by molar-refractivity contribution is 6.35. The van der Waals surface area contributed by atoms with Crippen molar-refractivity contribution in [3.05, 3.63) is 46.2 Å². The highest BCUT2D eigenvalue weighted by Crippen LogP contribution is 2.27. The lowest BCUT2D eigenvalue weighted by atomic mass is 10.2. The molecule has 0 bridgehead atoms. The van der Waals surface area contributed by atoms with Gasteiger partial charge in [0.1, 0.15) is 0 Å². The fraction of sp³-hybridized carbons (Fsp3) is 0.0833. The molecule has 0 atom stereocenters. The Hall–Kier alpha value is -1.63. The maximum atomic E-state index is 8.54. The fourth-order valence-corrected chi connectivity index (χ4v) is 1.72. The molecular formula is C12H7Cl2N3. The quantitative estimate of drug-likeness (QED) is 0.833. The first-order valence-electron chi connectivity index (χ1n) is 4.84. The molecule has 0 aliphatic carbocycles. The molecule has 5 heteroatoms. The lowest BCUT2D eigenvalue weighted by molar-refractivity contribution is 1.10. The van der Waals surface area contributed by atoms with E-state index in [1.165, 1.54) is 0 Å². The van der Waals surface area contributed by atoms with Crippen LogP contribution in [-0.2, 0) is 6.42 Å². The molecule has 17 heavy (non-hydrogen) atoms. The van der Waals surface area contributed by atoms with E-state index in [1.54, 1.807) is 30.6 Å². The van der Waals surface area contributed by atoms with Crippen LogP contribution in [0.4, 0.5) is 0 Å². The maximum absolute atomic E-state index is 8.54. The standard InChI is InChI=1S/C12H7Cl2N3/c13-9-1-2-11(14)10(5-9)12-16-6-8(3-4-15)7-17-12/h1-2,5-7H,3H2. The molecule has 0 radical (unpaired) electrons. The molecule has 1 heterocycles. The molecule has 2 rings (SSSR count). The van der Waals surface area contributed by atoms with E-state index in [2.05, 4.69) is 9.97 Å². The van der Waals surface area contributed by atoms with Crippen molar-refractivity contribution in [3.63, 3.8) is 0 Å². The lowest BCUT2D eigenvalue weighted by Crippen LogP contribution is -1.92. The zero-order valence-corrected chi connectivity index (χ0v) is 10.2. The minimum absolute atomic E-state index is 0.295. The van der Waals surface area contributed by atoms with Gasteiger partial charge in [-0.3, -0.25) is 0 Å². The fourth-order valence-electron chi connectivity index (χ4n) is 1.35. The molecule has 3 nitrogen and oxygen atoms in total. The van der Waals surface area contributed by atoms with E-state index in [9.17, 15) is 0 Å². The summed E-state index contributed by atoms with van der Waals surface area (Å²) in [5, 5.41) is 9.66. The topological polar surface area (TPSA) is 49.6 Å². The average Bonchev–Trinajstić information content (AvgIpc) is 2.34. The molecule has 0 spiro atoms. The molecule has 0 aliphatic rings. The molecule has 0 saturated heterocycles. The molecule has 0 saturated carbocycles. The minimum atomic E-state index is 0.295. The number of hydrogen-bond acceptors (Lipinski definition) is 3. The summed E-state index contributed by atoms with van der Waals surface area (Å²) in [4.78, 5) is 8.33. The van der Waals surface area contributed by atoms with Gasteiger partial charge in [-0.25, -0.2) is 9.97 Å². The Morgan fingerprint density at radius 1 is 1.18 bits per heavy atom. The van der Waals surface area contributed by atoms with Crippen LogP contribution in [0.5, 0.6) is 0 Å². The van der Waals surface area contributed by atoms with Gasteiger partial charge in [0.15, 0.2) is 5.82 Å². The van der Waals surface area contributed by atoms with Gasteiger partial charge in [0.25, 0.3) is 0 Å². The Balaban J connectivity index is 2.40. The normalized spacial score (nSPS) is 9.94. The Kier molecular flexibility index (Phi) is 3.58. The monoisotopic (exact) mass is 263 g/mol. The van der Waals surface area contributed by atoms with Crippen molar-refractivity contribution in [2.45, 2.75) is 6.42 Å². The molecule has 1 aromatic heterocycles. The molecule has 0 N–H and O–H groups in total. The van der Waals surface area contributed by atoms with E-state index < -0.39 is 0 Å². The number of rotatable bonds is 2. The van der Waals surface area contributed by atoms with E-state index in [4.69, 9.17) is 28.5 Å². The Morgan fingerprint density at radius 2 is 1.88 bits per heavy atom. The number of nitrogens with zero attached hydrogens (tertiary/aromatic N) is 3. The molecular weight excluding hydrogens is 257 g/mol. The lowest BCUT2D eigenvalue weighted by Gasteiger charge is -2.03. The Labute approximate surface area is 109 Å². The third-order valence-corrected chi connectivity index (χ3v) is 2.72. The van der Waals surface area contributed by atoms with E-state index >= 15 is 0 Å². The predicted octanol–water partition coefficient (Wildman–Crippen LogP) is 3.52. The maximum Gasteiger partial charge on any atom is 0.160 e. The first-order valence-corrected chi connectivity index (χ1v) is 5.59. The van der Waals surface area contributed by atoms with E-state index in [0.717, 1.165) is 5.56 Å². The second-order valence-electron chi connectivity index (χ2n) is 3.37. The largest absolute Gasteiger partial charge is 0.236 e. The number of hydrogen-bond donors (Lipinski definition) is 0. The van der Waals surface area contributed by atoms with Gasteiger partial charge in [0.05, 0.1) is 17.5 Å². The van der Waals surface area contributed by atoms with Crippen molar-refractivity contribution >= 4 is 23.2 Å². The summed E-state index contributed by atoms with van der Waals surface area (Å²) >= 11 is 11.9. The van der Waals surface area contributed by atoms with Crippen molar-refractivity contribution in [1.82, 2.24) is 9.97 Å². The van der Waals surface area contributed by atoms with Crippen LogP contribution in [0.3, 0.4) is 0 Å². The van der Waals surface area contributed by atoms with Crippen molar-refractivity contribution in [2.24, 2.45) is 0 Å². The zero-order chi connectivity index (χ0) is 12.3. The van der Waals surface area contributed by atoms with E-state index in [1.807, 2.05) is 6.07 Å². The van der Waals surface area contributed by atoms with E-state index in [0.29, 0.717) is 27.9 Å². The zero-order valence-electron chi connectivity index (χ0n) is 8.69. The van der Waals surface area contributed by atoms with Gasteiger partial charge in [-0.1, -0.05) is 23.2 Å². The summed E-state index contributed by atoms with van der Waals surface area (Å²) in [7, 11) is 0. The number of halogens is 2. The molecule has 0 aliphatic heterocycles. The van der Waals surface area contributed by atoms with Gasteiger partial charge in [-0.2, -0.15) is 5.26 Å². The van der Waals surface area contributed by atoms with Crippen LogP contribution in [0.25, 0.3) is 11.4 Å². The summed E-state index contributed by atoms with van der Waals surface area (Å²) in [5.41, 5.74) is 1.46. The Bertz CT molecular complexity index is 573. The number of nitriles is 1. The molecule has 1 aromatic carbocycles. The second-order valence-corrected chi connectivity index (χ2v) is 4.22. The van der Waals surface area contributed by atoms with Crippen LogP contribution < -0.4 is 0 Å². The third-order valence-electron chi connectivity index (χ3n) is 2.16. The van der Waals surface area contributed by atoms with Crippen molar-refractivity contribution in [1.29, 1.82) is 5.26 Å². The SMILES string of the molecule is N#CCc1cnc(-c2cc(Cl)ccc2Cl)nc1. The van der Waals surface area contributed by atoms with Gasteiger partial charge in [-0.05, 0) is 18.2 Å². The summed E-state index contributed by atoms with van der Waals surface area (Å²) < 4.78 is 0. The van der Waals surface area contributed by atoms with Crippen LogP contribution in [0.1, 0.15) is 5.56 Å². The highest BCUT2D eigenvalue weighted by Gasteiger charge is 2.07. The summed E-state index contributed by atoms with van der Waals surface area (Å²) in [6.07, 6.45) is 3.52. The smallest absolute Gasteiger partial charge is 0.160 e. The van der Waals surface area contributed by atoms with Crippen molar-refractivity contribution in [2.75, 3.05) is 0 Å². The van der Waals surface area contributed by atoms with Gasteiger partial charge < -0.3 is 0 Å². The second kappa shape index (κ2) is 5.13. The number of benzene rings is 1. The summed E-state index contributed by atoms with van der Waals surface area (Å²) in [6.45, 7) is 0. The molecule has 84 valence electrons. The van der Waals surface area contributed by atoms with Crippen molar-refractivity contribution in [3.8, 4) is 17.5 Å². The van der Waals surface area contributed by atoms with Gasteiger partial charge >= 0.3 is 0 Å². The summed E-state index contributed by atoms with van der Waals surface area (Å²) in [6, 6.07) is 7.15. The van der Waals surface area contributed by atoms with E-state index in [-0.39, 0.29) is 0 Å². The van der Waals surface area contributed by atoms with Crippen LogP contribution in [0, 0.1) is 11.3 Å². The number of aromatic nitrogens is 2. The molecule has 0 fully saturated rings. The third kappa shape index (κ3) is 2.73. The summed E-state index contributed by atoms with van der Waals surface area (Å²) in [5.74, 6) is 0.499. The van der Waals surface area contributed by atoms with Crippen LogP contribution in [-0.4, -0.2) is 9.97 Å². The van der Waals surface area contributed by atoms with Gasteiger partial charge in [-0.15, -0.1) is 0 Å². The van der Waals surface area contributed by atoms with Gasteiger partial charge in [0, 0.05) is 28.5 Å². The van der Waals surface area contributed by atoms with Crippen LogP contribution in [0.2, 0.25) is 10.0 Å². The average molecular weight is 264 g/mol. The Morgan fingerprint density at radius 3 is 2.53 bits per heavy atom. The molecule has 0 unspecified atom stereocenters.